The Morgan fingerprint density at radius 2 is 1.75 bits per heavy atom. The maximum Gasteiger partial charge on any atom is 0.0431 e. The van der Waals surface area contributed by atoms with Crippen molar-refractivity contribution >= 4 is 0 Å². The van der Waals surface area contributed by atoms with Crippen LogP contribution in [0.1, 0.15) is 26.2 Å². The van der Waals surface area contributed by atoms with Gasteiger partial charge in [-0.15, -0.1) is 0 Å². The van der Waals surface area contributed by atoms with E-state index in [2.05, 4.69) is 12.7 Å². The third-order valence-electron chi connectivity index (χ3n) is 0.762. The molecule has 0 fully saturated rings. The van der Waals surface area contributed by atoms with Crippen LogP contribution in [0.3, 0.4) is 0 Å². The lowest BCUT2D eigenvalue weighted by atomic mass is 10.3. The van der Waals surface area contributed by atoms with E-state index in [0.717, 1.165) is 12.8 Å². The van der Waals surface area contributed by atoms with Gasteiger partial charge in [-0.3, -0.25) is 0 Å². The van der Waals surface area contributed by atoms with Crippen LogP contribution in [0.5, 0.6) is 0 Å². The van der Waals surface area contributed by atoms with E-state index in [1.807, 2.05) is 0 Å². The minimum atomic E-state index is 0.355. The number of hydrogen-bond donors (Lipinski definition) is 2. The van der Waals surface area contributed by atoms with Gasteiger partial charge in [-0.2, -0.15) is 0 Å². The molecule has 3 N–H and O–H groups in total. The van der Waals surface area contributed by atoms with Crippen LogP contribution >= 0.6 is 0 Å². The van der Waals surface area contributed by atoms with Crippen molar-refractivity contribution in [3.63, 3.8) is 0 Å². The van der Waals surface area contributed by atoms with Crippen molar-refractivity contribution in [1.29, 1.82) is 0 Å². The fourth-order valence-electron chi connectivity index (χ4n) is 0.362. The van der Waals surface area contributed by atoms with Crippen LogP contribution in [0.15, 0.2) is 0 Å². The zero-order chi connectivity index (χ0) is 6.83. The number of aliphatic hydroxyl groups excluding tert-OH is 1. The van der Waals surface area contributed by atoms with Gasteiger partial charge in [0.25, 0.3) is 0 Å². The molecular formula is C6H17NO. The quantitative estimate of drug-likeness (QED) is 0.538. The number of unbranched alkanes of at least 4 members (excludes halogenated alkanes) is 2. The molecule has 0 aliphatic carbocycles. The molecule has 8 heavy (non-hydrogen) atoms. The average Bonchev–Trinajstić information content (AvgIpc) is 1.88. The Morgan fingerprint density at radius 3 is 1.88 bits per heavy atom. The molecule has 0 spiro atoms. The van der Waals surface area contributed by atoms with Crippen molar-refractivity contribution in [1.82, 2.24) is 0 Å². The van der Waals surface area contributed by atoms with Gasteiger partial charge in [-0.25, -0.2) is 0 Å². The Kier molecular flexibility index (Phi) is 21.3. The van der Waals surface area contributed by atoms with Gasteiger partial charge in [0.2, 0.25) is 0 Å². The number of hydrogen-bond acceptors (Lipinski definition) is 2. The van der Waals surface area contributed by atoms with Gasteiger partial charge in [-0.1, -0.05) is 19.8 Å². The summed E-state index contributed by atoms with van der Waals surface area (Å²) in [5.41, 5.74) is 4.50. The van der Waals surface area contributed by atoms with Gasteiger partial charge in [0, 0.05) is 6.61 Å². The van der Waals surface area contributed by atoms with E-state index >= 15 is 0 Å². The first-order valence-electron chi connectivity index (χ1n) is 3.10. The normalized spacial score (nSPS) is 7.50. The lowest BCUT2D eigenvalue weighted by molar-refractivity contribution is 0.284. The lowest BCUT2D eigenvalue weighted by Crippen LogP contribution is -1.78. The Labute approximate surface area is 51.7 Å². The van der Waals surface area contributed by atoms with Crippen LogP contribution in [-0.4, -0.2) is 18.8 Å². The van der Waals surface area contributed by atoms with E-state index in [9.17, 15) is 0 Å². The summed E-state index contributed by atoms with van der Waals surface area (Å²) in [5, 5.41) is 8.20. The molecule has 2 nitrogen and oxygen atoms in total. The van der Waals surface area contributed by atoms with E-state index in [1.54, 1.807) is 0 Å². The lowest BCUT2D eigenvalue weighted by Gasteiger charge is -1.85. The molecule has 0 heterocycles. The molecule has 0 aromatic heterocycles. The maximum atomic E-state index is 8.20. The van der Waals surface area contributed by atoms with Crippen molar-refractivity contribution in [3.05, 3.63) is 0 Å². The molecule has 0 radical (unpaired) electrons. The Hall–Kier alpha value is -0.0800. The fraction of sp³-hybridized carbons (Fsp3) is 1.00. The molecule has 0 bridgehead atoms. The summed E-state index contributed by atoms with van der Waals surface area (Å²) in [5.74, 6) is 0. The molecule has 52 valence electrons. The van der Waals surface area contributed by atoms with Gasteiger partial charge < -0.3 is 10.8 Å². The SMILES string of the molecule is CCCCCO.CN. The molecule has 0 atom stereocenters. The third-order valence-corrected chi connectivity index (χ3v) is 0.762. The molecule has 0 aliphatic heterocycles. The van der Waals surface area contributed by atoms with Crippen molar-refractivity contribution in [2.75, 3.05) is 13.7 Å². The van der Waals surface area contributed by atoms with E-state index in [-0.39, 0.29) is 0 Å². The van der Waals surface area contributed by atoms with Crippen LogP contribution in [-0.2, 0) is 0 Å². The highest BCUT2D eigenvalue weighted by atomic mass is 16.2. The van der Waals surface area contributed by atoms with Gasteiger partial charge in [0.05, 0.1) is 0 Å². The summed E-state index contributed by atoms with van der Waals surface area (Å²) in [6.45, 7) is 2.48. The first-order valence-corrected chi connectivity index (χ1v) is 3.10. The van der Waals surface area contributed by atoms with Gasteiger partial charge in [-0.05, 0) is 13.5 Å². The van der Waals surface area contributed by atoms with Crippen LogP contribution in [0.4, 0.5) is 0 Å². The fourth-order valence-corrected chi connectivity index (χ4v) is 0.362. The van der Waals surface area contributed by atoms with Crippen molar-refractivity contribution in [3.8, 4) is 0 Å². The first kappa shape index (κ1) is 10.8. The highest BCUT2D eigenvalue weighted by Gasteiger charge is 1.76. The third kappa shape index (κ3) is 16.8. The topological polar surface area (TPSA) is 46.2 Å². The molecular weight excluding hydrogens is 102 g/mol. The monoisotopic (exact) mass is 119 g/mol. The van der Waals surface area contributed by atoms with Crippen molar-refractivity contribution < 1.29 is 5.11 Å². The van der Waals surface area contributed by atoms with Crippen LogP contribution in [0, 0.1) is 0 Å². The smallest absolute Gasteiger partial charge is 0.0431 e. The van der Waals surface area contributed by atoms with Crippen molar-refractivity contribution in [2.45, 2.75) is 26.2 Å². The Balaban J connectivity index is 0. The predicted octanol–water partition coefficient (Wildman–Crippen LogP) is 0.744. The second-order valence-electron chi connectivity index (χ2n) is 1.43. The van der Waals surface area contributed by atoms with E-state index in [4.69, 9.17) is 5.11 Å². The standard InChI is InChI=1S/C5H12O.CH5N/c1-2-3-4-5-6;1-2/h6H,2-5H2,1H3;2H2,1H3. The van der Waals surface area contributed by atoms with Gasteiger partial charge in [0.15, 0.2) is 0 Å². The van der Waals surface area contributed by atoms with E-state index < -0.39 is 0 Å². The molecule has 0 saturated carbocycles. The largest absolute Gasteiger partial charge is 0.396 e. The van der Waals surface area contributed by atoms with Gasteiger partial charge in [0.1, 0.15) is 0 Å². The van der Waals surface area contributed by atoms with Crippen LogP contribution in [0.2, 0.25) is 0 Å². The maximum absolute atomic E-state index is 8.20. The highest BCUT2D eigenvalue weighted by Crippen LogP contribution is 1.89. The van der Waals surface area contributed by atoms with E-state index in [1.165, 1.54) is 13.5 Å². The number of nitrogens with two attached hydrogens (primary N) is 1. The Bertz CT molecular complexity index is 20.5. The summed E-state index contributed by atoms with van der Waals surface area (Å²) >= 11 is 0. The minimum Gasteiger partial charge on any atom is -0.396 e. The summed E-state index contributed by atoms with van der Waals surface area (Å²) in [6, 6.07) is 0. The summed E-state index contributed by atoms with van der Waals surface area (Å²) < 4.78 is 0. The second kappa shape index (κ2) is 15.8. The molecule has 0 rings (SSSR count). The highest BCUT2D eigenvalue weighted by molar-refractivity contribution is 4.30. The number of rotatable bonds is 3. The molecule has 0 saturated heterocycles. The average molecular weight is 119 g/mol. The minimum absolute atomic E-state index is 0.355. The second-order valence-corrected chi connectivity index (χ2v) is 1.43. The molecule has 0 aliphatic rings. The Morgan fingerprint density at radius 1 is 1.25 bits per heavy atom. The summed E-state index contributed by atoms with van der Waals surface area (Å²) in [7, 11) is 1.50. The molecule has 0 aromatic rings. The number of aliphatic hydroxyl groups is 1. The zero-order valence-electron chi connectivity index (χ0n) is 5.85. The molecule has 0 amide bonds. The van der Waals surface area contributed by atoms with Crippen molar-refractivity contribution in [2.24, 2.45) is 5.73 Å². The molecule has 0 unspecified atom stereocenters. The van der Waals surface area contributed by atoms with Gasteiger partial charge >= 0.3 is 0 Å². The predicted molar refractivity (Wildman–Crippen MR) is 36.7 cm³/mol. The van der Waals surface area contributed by atoms with E-state index in [0.29, 0.717) is 6.61 Å². The van der Waals surface area contributed by atoms with Crippen LogP contribution < -0.4 is 5.73 Å². The van der Waals surface area contributed by atoms with Crippen LogP contribution in [0.25, 0.3) is 0 Å². The summed E-state index contributed by atoms with van der Waals surface area (Å²) in [6.07, 6.45) is 3.33. The molecule has 0 aromatic carbocycles. The zero-order valence-corrected chi connectivity index (χ0v) is 5.85. The summed E-state index contributed by atoms with van der Waals surface area (Å²) in [4.78, 5) is 0. The molecule has 2 heteroatoms. The first-order chi connectivity index (χ1) is 3.91.